The Balaban J connectivity index is 2.02. The first-order valence-corrected chi connectivity index (χ1v) is 6.62. The van der Waals surface area contributed by atoms with Crippen LogP contribution >= 0.6 is 0 Å². The van der Waals surface area contributed by atoms with Crippen LogP contribution in [0.25, 0.3) is 11.4 Å². The number of benzene rings is 1. The van der Waals surface area contributed by atoms with Gasteiger partial charge in [-0.3, -0.25) is 4.79 Å². The van der Waals surface area contributed by atoms with E-state index in [1.807, 2.05) is 0 Å². The molecule has 23 heavy (non-hydrogen) atoms. The molecule has 1 unspecified atom stereocenters. The van der Waals surface area contributed by atoms with E-state index >= 15 is 0 Å². The summed E-state index contributed by atoms with van der Waals surface area (Å²) in [5.41, 5.74) is 1.15. The molecule has 0 aliphatic heterocycles. The molecule has 1 N–H and O–H groups in total. The SMILES string of the molecule is COC(C)C(=O)NCc1ccc(-c2noc(C(F)(F)F)n2)cc1. The molecule has 0 radical (unpaired) electrons. The molecule has 0 bridgehead atoms. The van der Waals surface area contributed by atoms with Crippen molar-refractivity contribution in [2.24, 2.45) is 0 Å². The third kappa shape index (κ3) is 4.28. The first-order chi connectivity index (χ1) is 10.8. The molecule has 9 heteroatoms. The molecule has 1 aromatic carbocycles. The average Bonchev–Trinajstić information content (AvgIpc) is 3.02. The van der Waals surface area contributed by atoms with Gasteiger partial charge in [0.2, 0.25) is 11.7 Å². The molecule has 2 rings (SSSR count). The number of aromatic nitrogens is 2. The molecule has 0 fully saturated rings. The molecule has 1 heterocycles. The summed E-state index contributed by atoms with van der Waals surface area (Å²) in [5.74, 6) is -1.80. The number of ether oxygens (including phenoxy) is 1. The molecule has 1 aromatic heterocycles. The van der Waals surface area contributed by atoms with E-state index in [2.05, 4.69) is 20.0 Å². The lowest BCUT2D eigenvalue weighted by Gasteiger charge is -2.10. The number of hydrogen-bond acceptors (Lipinski definition) is 5. The second-order valence-electron chi connectivity index (χ2n) is 4.71. The normalized spacial score (nSPS) is 12.9. The number of amides is 1. The van der Waals surface area contributed by atoms with Gasteiger partial charge in [0.15, 0.2) is 0 Å². The maximum Gasteiger partial charge on any atom is 0.471 e. The van der Waals surface area contributed by atoms with Crippen molar-refractivity contribution in [1.82, 2.24) is 15.5 Å². The topological polar surface area (TPSA) is 77.2 Å². The van der Waals surface area contributed by atoms with Crippen LogP contribution in [0.15, 0.2) is 28.8 Å². The van der Waals surface area contributed by atoms with Crippen molar-refractivity contribution in [3.63, 3.8) is 0 Å². The maximum atomic E-state index is 12.4. The molecule has 0 saturated heterocycles. The van der Waals surface area contributed by atoms with Gasteiger partial charge in [-0.2, -0.15) is 18.2 Å². The van der Waals surface area contributed by atoms with E-state index in [0.717, 1.165) is 5.56 Å². The summed E-state index contributed by atoms with van der Waals surface area (Å²) < 4.78 is 46.3. The number of halogens is 3. The van der Waals surface area contributed by atoms with E-state index in [1.165, 1.54) is 7.11 Å². The van der Waals surface area contributed by atoms with E-state index < -0.39 is 18.2 Å². The van der Waals surface area contributed by atoms with Crippen LogP contribution < -0.4 is 5.32 Å². The van der Waals surface area contributed by atoms with Crippen LogP contribution in [0.3, 0.4) is 0 Å². The van der Waals surface area contributed by atoms with Gasteiger partial charge in [0.1, 0.15) is 6.10 Å². The fourth-order valence-corrected chi connectivity index (χ4v) is 1.67. The number of nitrogens with one attached hydrogen (secondary N) is 1. The molecular weight excluding hydrogens is 315 g/mol. The second-order valence-corrected chi connectivity index (χ2v) is 4.71. The minimum atomic E-state index is -4.67. The zero-order valence-electron chi connectivity index (χ0n) is 12.3. The minimum Gasteiger partial charge on any atom is -0.372 e. The van der Waals surface area contributed by atoms with Gasteiger partial charge < -0.3 is 14.6 Å². The molecule has 0 spiro atoms. The highest BCUT2D eigenvalue weighted by Gasteiger charge is 2.38. The lowest BCUT2D eigenvalue weighted by molar-refractivity contribution is -0.159. The molecule has 6 nitrogen and oxygen atoms in total. The van der Waals surface area contributed by atoms with Crippen LogP contribution in [0, 0.1) is 0 Å². The maximum absolute atomic E-state index is 12.4. The molecule has 124 valence electrons. The van der Waals surface area contributed by atoms with E-state index in [-0.39, 0.29) is 18.3 Å². The molecule has 0 aliphatic rings. The van der Waals surface area contributed by atoms with Crippen molar-refractivity contribution in [1.29, 1.82) is 0 Å². The molecule has 0 aliphatic carbocycles. The Morgan fingerprint density at radius 3 is 2.52 bits per heavy atom. The Kier molecular flexibility index (Phi) is 4.99. The van der Waals surface area contributed by atoms with Gasteiger partial charge in [-0.15, -0.1) is 0 Å². The summed E-state index contributed by atoms with van der Waals surface area (Å²) in [7, 11) is 1.43. The highest BCUT2D eigenvalue weighted by atomic mass is 19.4. The molecular formula is C14H14F3N3O3. The molecule has 1 atom stereocenters. The van der Waals surface area contributed by atoms with E-state index in [0.29, 0.717) is 5.56 Å². The molecule has 2 aromatic rings. The first-order valence-electron chi connectivity index (χ1n) is 6.62. The number of hydrogen-bond donors (Lipinski definition) is 1. The van der Waals surface area contributed by atoms with Gasteiger partial charge in [-0.1, -0.05) is 29.4 Å². The number of carbonyl (C=O) groups excluding carboxylic acids is 1. The summed E-state index contributed by atoms with van der Waals surface area (Å²) in [5, 5.41) is 5.97. The van der Waals surface area contributed by atoms with Crippen molar-refractivity contribution in [3.05, 3.63) is 35.7 Å². The van der Waals surface area contributed by atoms with Crippen molar-refractivity contribution >= 4 is 5.91 Å². The summed E-state index contributed by atoms with van der Waals surface area (Å²) in [6.07, 6.45) is -5.23. The van der Waals surface area contributed by atoms with Gasteiger partial charge in [-0.05, 0) is 12.5 Å². The minimum absolute atomic E-state index is 0.152. The zero-order chi connectivity index (χ0) is 17.0. The average molecular weight is 329 g/mol. The Bertz CT molecular complexity index is 668. The van der Waals surface area contributed by atoms with Crippen molar-refractivity contribution in [2.75, 3.05) is 7.11 Å². The second kappa shape index (κ2) is 6.78. The van der Waals surface area contributed by atoms with E-state index in [4.69, 9.17) is 4.74 Å². The van der Waals surface area contributed by atoms with Gasteiger partial charge in [0.25, 0.3) is 0 Å². The largest absolute Gasteiger partial charge is 0.471 e. The Morgan fingerprint density at radius 1 is 1.35 bits per heavy atom. The van der Waals surface area contributed by atoms with Crippen LogP contribution in [0.1, 0.15) is 18.4 Å². The fraction of sp³-hybridized carbons (Fsp3) is 0.357. The highest BCUT2D eigenvalue weighted by molar-refractivity contribution is 5.80. The predicted molar refractivity (Wildman–Crippen MR) is 73.1 cm³/mol. The van der Waals surface area contributed by atoms with Gasteiger partial charge in [-0.25, -0.2) is 0 Å². The molecule has 1 amide bonds. The Hall–Kier alpha value is -2.42. The van der Waals surface area contributed by atoms with Crippen LogP contribution in [-0.4, -0.2) is 29.3 Å². The van der Waals surface area contributed by atoms with E-state index in [1.54, 1.807) is 31.2 Å². The first kappa shape index (κ1) is 16.9. The third-order valence-corrected chi connectivity index (χ3v) is 3.07. The standard InChI is InChI=1S/C14H14F3N3O3/c1-8(22-2)12(21)18-7-9-3-5-10(6-4-9)11-19-13(23-20-11)14(15,16)17/h3-6,8H,7H2,1-2H3,(H,18,21). The monoisotopic (exact) mass is 329 g/mol. The van der Waals surface area contributed by atoms with Gasteiger partial charge in [0, 0.05) is 19.2 Å². The quantitative estimate of drug-likeness (QED) is 0.911. The summed E-state index contributed by atoms with van der Waals surface area (Å²) in [6, 6.07) is 6.39. The third-order valence-electron chi connectivity index (χ3n) is 3.07. The Labute approximate surface area is 129 Å². The summed E-state index contributed by atoms with van der Waals surface area (Å²) in [4.78, 5) is 14.9. The number of rotatable bonds is 5. The van der Waals surface area contributed by atoms with Crippen molar-refractivity contribution < 1.29 is 27.2 Å². The summed E-state index contributed by atoms with van der Waals surface area (Å²) >= 11 is 0. The number of alkyl halides is 3. The van der Waals surface area contributed by atoms with Crippen LogP contribution in [-0.2, 0) is 22.3 Å². The van der Waals surface area contributed by atoms with Gasteiger partial charge in [0.05, 0.1) is 0 Å². The zero-order valence-corrected chi connectivity index (χ0v) is 12.3. The van der Waals surface area contributed by atoms with Crippen LogP contribution in [0.2, 0.25) is 0 Å². The van der Waals surface area contributed by atoms with E-state index in [9.17, 15) is 18.0 Å². The Morgan fingerprint density at radius 2 is 2.00 bits per heavy atom. The number of nitrogens with zero attached hydrogens (tertiary/aromatic N) is 2. The summed E-state index contributed by atoms with van der Waals surface area (Å²) in [6.45, 7) is 1.89. The number of methoxy groups -OCH3 is 1. The van der Waals surface area contributed by atoms with Gasteiger partial charge >= 0.3 is 12.1 Å². The highest BCUT2D eigenvalue weighted by Crippen LogP contribution is 2.29. The van der Waals surface area contributed by atoms with Crippen LogP contribution in [0.5, 0.6) is 0 Å². The predicted octanol–water partition coefficient (Wildman–Crippen LogP) is 2.41. The van der Waals surface area contributed by atoms with Crippen molar-refractivity contribution in [3.8, 4) is 11.4 Å². The fourth-order valence-electron chi connectivity index (χ4n) is 1.67. The lowest BCUT2D eigenvalue weighted by atomic mass is 10.1. The lowest BCUT2D eigenvalue weighted by Crippen LogP contribution is -2.33. The number of carbonyl (C=O) groups is 1. The van der Waals surface area contributed by atoms with Crippen molar-refractivity contribution in [2.45, 2.75) is 25.7 Å². The smallest absolute Gasteiger partial charge is 0.372 e. The van der Waals surface area contributed by atoms with Crippen LogP contribution in [0.4, 0.5) is 13.2 Å². The molecule has 0 saturated carbocycles.